The van der Waals surface area contributed by atoms with Gasteiger partial charge in [-0.15, -0.1) is 0 Å². The molecule has 0 aliphatic heterocycles. The molecule has 4 aliphatic carbocycles. The van der Waals surface area contributed by atoms with Gasteiger partial charge in [-0.1, -0.05) is 58.6 Å². The number of allylic oxidation sites excluding steroid dienone is 2. The Balaban J connectivity index is 1.38. The smallest absolute Gasteiger partial charge is 0.251 e. The van der Waals surface area contributed by atoms with Crippen LogP contribution in [0.5, 0.6) is 0 Å². The first-order valence-electron chi connectivity index (χ1n) is 13.5. The molecule has 0 aromatic heterocycles. The number of fused-ring (bicyclic) bond motifs is 5. The fourth-order valence-corrected chi connectivity index (χ4v) is 8.98. The molecular formula is C28H47N3O. The van der Waals surface area contributed by atoms with Gasteiger partial charge >= 0.3 is 0 Å². The molecule has 1 unspecified atom stereocenters. The van der Waals surface area contributed by atoms with Crippen molar-refractivity contribution in [1.29, 1.82) is 0 Å². The molecule has 4 N–H and O–H groups in total. The number of hydrogen-bond acceptors (Lipinski definition) is 1. The number of carbonyl (C=O) groups is 1. The third-order valence-corrected chi connectivity index (χ3v) is 10.7. The summed E-state index contributed by atoms with van der Waals surface area (Å²) < 4.78 is 0. The SMILES string of the molecule is CC(CCC[C@@H](C)[C@H]1CC[C@H]2[C@@H]3CC=C4CCCC[C@]4(C)[C@H]3CC[C@]12C)C(=O)N=C(N)N. The predicted molar refractivity (Wildman–Crippen MR) is 133 cm³/mol. The monoisotopic (exact) mass is 441 g/mol. The second-order valence-electron chi connectivity index (χ2n) is 12.4. The van der Waals surface area contributed by atoms with Gasteiger partial charge in [0, 0.05) is 5.92 Å². The van der Waals surface area contributed by atoms with Crippen molar-refractivity contribution in [3.8, 4) is 0 Å². The summed E-state index contributed by atoms with van der Waals surface area (Å²) in [7, 11) is 0. The summed E-state index contributed by atoms with van der Waals surface area (Å²) in [4.78, 5) is 15.8. The maximum Gasteiger partial charge on any atom is 0.251 e. The number of hydrogen-bond donors (Lipinski definition) is 2. The Morgan fingerprint density at radius 3 is 2.62 bits per heavy atom. The summed E-state index contributed by atoms with van der Waals surface area (Å²) in [5, 5.41) is 0. The molecule has 3 fully saturated rings. The Bertz CT molecular complexity index is 769. The van der Waals surface area contributed by atoms with Crippen LogP contribution in [-0.2, 0) is 4.79 Å². The van der Waals surface area contributed by atoms with E-state index in [-0.39, 0.29) is 17.8 Å². The third-order valence-electron chi connectivity index (χ3n) is 10.7. The van der Waals surface area contributed by atoms with Crippen molar-refractivity contribution in [2.24, 2.45) is 62.8 Å². The second kappa shape index (κ2) is 9.14. The van der Waals surface area contributed by atoms with Crippen molar-refractivity contribution in [3.63, 3.8) is 0 Å². The number of guanidine groups is 1. The number of carbonyl (C=O) groups excluding carboxylic acids is 1. The van der Waals surface area contributed by atoms with Crippen LogP contribution in [0.25, 0.3) is 0 Å². The minimum atomic E-state index is -0.176. The predicted octanol–water partition coefficient (Wildman–Crippen LogP) is 6.20. The number of nitrogens with two attached hydrogens (primary N) is 2. The number of nitrogens with zero attached hydrogens (tertiary/aromatic N) is 1. The van der Waals surface area contributed by atoms with Gasteiger partial charge in [0.1, 0.15) is 0 Å². The highest BCUT2D eigenvalue weighted by atomic mass is 16.1. The molecular weight excluding hydrogens is 394 g/mol. The highest BCUT2D eigenvalue weighted by Crippen LogP contribution is 2.67. The van der Waals surface area contributed by atoms with Crippen molar-refractivity contribution in [3.05, 3.63) is 11.6 Å². The normalized spacial score (nSPS) is 40.3. The third kappa shape index (κ3) is 4.16. The summed E-state index contributed by atoms with van der Waals surface area (Å²) in [6, 6.07) is 0. The van der Waals surface area contributed by atoms with E-state index in [9.17, 15) is 4.79 Å². The molecule has 0 aromatic carbocycles. The fourth-order valence-electron chi connectivity index (χ4n) is 8.98. The van der Waals surface area contributed by atoms with E-state index in [1.807, 2.05) is 12.5 Å². The number of amides is 1. The average molecular weight is 442 g/mol. The minimum Gasteiger partial charge on any atom is -0.370 e. The standard InChI is InChI=1S/C28H47N3O/c1-18(8-7-9-19(2)25(32)31-26(29)30)22-13-14-23-21-12-11-20-10-5-6-16-27(20,3)24(21)15-17-28(22,23)4/h11,18-19,21-24H,5-10,12-17H2,1-4H3,(H4,29,30,31,32)/t18-,19?,21+,22-,23+,24+,27+,28-/m1/s1. The lowest BCUT2D eigenvalue weighted by Crippen LogP contribution is -2.50. The molecule has 32 heavy (non-hydrogen) atoms. The van der Waals surface area contributed by atoms with Crippen molar-refractivity contribution >= 4 is 11.9 Å². The summed E-state index contributed by atoms with van der Waals surface area (Å²) in [6.07, 6.45) is 18.6. The van der Waals surface area contributed by atoms with Crippen LogP contribution in [-0.4, -0.2) is 11.9 Å². The Hall–Kier alpha value is -1.32. The molecule has 8 atom stereocenters. The van der Waals surface area contributed by atoms with E-state index in [1.54, 1.807) is 0 Å². The maximum atomic E-state index is 12.0. The largest absolute Gasteiger partial charge is 0.370 e. The van der Waals surface area contributed by atoms with Crippen LogP contribution >= 0.6 is 0 Å². The van der Waals surface area contributed by atoms with Crippen LogP contribution in [0.3, 0.4) is 0 Å². The molecule has 4 heteroatoms. The van der Waals surface area contributed by atoms with Crippen LogP contribution in [0.15, 0.2) is 16.6 Å². The zero-order valence-corrected chi connectivity index (χ0v) is 21.0. The van der Waals surface area contributed by atoms with Gasteiger partial charge in [-0.25, -0.2) is 0 Å². The van der Waals surface area contributed by atoms with Crippen LogP contribution in [0.1, 0.15) is 105 Å². The highest BCUT2D eigenvalue weighted by molar-refractivity contribution is 5.92. The van der Waals surface area contributed by atoms with Gasteiger partial charge in [0.15, 0.2) is 5.96 Å². The van der Waals surface area contributed by atoms with Gasteiger partial charge in [-0.3, -0.25) is 4.79 Å². The van der Waals surface area contributed by atoms with E-state index >= 15 is 0 Å². The average Bonchev–Trinajstić information content (AvgIpc) is 3.10. The second-order valence-corrected chi connectivity index (χ2v) is 12.4. The van der Waals surface area contributed by atoms with Crippen LogP contribution < -0.4 is 11.5 Å². The minimum absolute atomic E-state index is 0.0916. The van der Waals surface area contributed by atoms with Gasteiger partial charge in [0.25, 0.3) is 5.91 Å². The van der Waals surface area contributed by atoms with Gasteiger partial charge in [-0.05, 0) is 98.2 Å². The van der Waals surface area contributed by atoms with Crippen molar-refractivity contribution in [2.45, 2.75) is 105 Å². The van der Waals surface area contributed by atoms with Gasteiger partial charge in [-0.2, -0.15) is 4.99 Å². The maximum absolute atomic E-state index is 12.0. The molecule has 1 amide bonds. The molecule has 4 rings (SSSR count). The molecule has 0 saturated heterocycles. The number of rotatable bonds is 6. The molecule has 0 bridgehead atoms. The van der Waals surface area contributed by atoms with E-state index in [0.717, 1.165) is 42.4 Å². The first-order chi connectivity index (χ1) is 15.2. The molecule has 180 valence electrons. The number of aliphatic imine (C=N–C) groups is 1. The van der Waals surface area contributed by atoms with Crippen molar-refractivity contribution in [1.82, 2.24) is 0 Å². The van der Waals surface area contributed by atoms with Gasteiger partial charge < -0.3 is 11.5 Å². The molecule has 0 radical (unpaired) electrons. The van der Waals surface area contributed by atoms with Gasteiger partial charge in [0.2, 0.25) is 0 Å². The molecule has 3 saturated carbocycles. The molecule has 4 nitrogen and oxygen atoms in total. The lowest BCUT2D eigenvalue weighted by Gasteiger charge is -2.58. The van der Waals surface area contributed by atoms with E-state index in [0.29, 0.717) is 10.8 Å². The van der Waals surface area contributed by atoms with Crippen molar-refractivity contribution in [2.75, 3.05) is 0 Å². The van der Waals surface area contributed by atoms with Crippen molar-refractivity contribution < 1.29 is 4.79 Å². The lowest BCUT2D eigenvalue weighted by molar-refractivity contribution is -0.121. The van der Waals surface area contributed by atoms with E-state index in [4.69, 9.17) is 11.5 Å². The molecule has 0 aromatic rings. The Kier molecular flexibility index (Phi) is 6.81. The van der Waals surface area contributed by atoms with E-state index < -0.39 is 0 Å². The topological polar surface area (TPSA) is 81.5 Å². The molecule has 4 aliphatic rings. The quantitative estimate of drug-likeness (QED) is 0.292. The van der Waals surface area contributed by atoms with Crippen LogP contribution in [0, 0.1) is 46.3 Å². The van der Waals surface area contributed by atoms with E-state index in [2.05, 4.69) is 31.8 Å². The van der Waals surface area contributed by atoms with Crippen LogP contribution in [0.2, 0.25) is 0 Å². The fraction of sp³-hybridized carbons (Fsp3) is 0.857. The Morgan fingerprint density at radius 1 is 1.09 bits per heavy atom. The highest BCUT2D eigenvalue weighted by Gasteiger charge is 2.58. The molecule has 0 spiro atoms. The Labute approximate surface area is 196 Å². The van der Waals surface area contributed by atoms with Crippen LogP contribution in [0.4, 0.5) is 0 Å². The summed E-state index contributed by atoms with van der Waals surface area (Å²) in [6.45, 7) is 9.70. The zero-order valence-electron chi connectivity index (χ0n) is 21.0. The van der Waals surface area contributed by atoms with Gasteiger partial charge in [0.05, 0.1) is 0 Å². The zero-order chi connectivity index (χ0) is 23.1. The molecule has 0 heterocycles. The summed E-state index contributed by atoms with van der Waals surface area (Å²) in [5.41, 5.74) is 13.6. The summed E-state index contributed by atoms with van der Waals surface area (Å²) in [5.74, 6) is 3.92. The first-order valence-corrected chi connectivity index (χ1v) is 13.5. The first kappa shape index (κ1) is 23.8. The summed E-state index contributed by atoms with van der Waals surface area (Å²) >= 11 is 0. The van der Waals surface area contributed by atoms with E-state index in [1.165, 1.54) is 64.2 Å². The lowest BCUT2D eigenvalue weighted by atomic mass is 9.47. The Morgan fingerprint density at radius 2 is 1.88 bits per heavy atom.